The van der Waals surface area contributed by atoms with E-state index in [1.54, 1.807) is 31.2 Å². The van der Waals surface area contributed by atoms with E-state index < -0.39 is 28.7 Å². The summed E-state index contributed by atoms with van der Waals surface area (Å²) in [5, 5.41) is 3.38. The van der Waals surface area contributed by atoms with E-state index in [1.807, 2.05) is 45.9 Å². The second kappa shape index (κ2) is 13.3. The van der Waals surface area contributed by atoms with Crippen LogP contribution in [0.1, 0.15) is 43.9 Å². The Labute approximate surface area is 226 Å². The lowest BCUT2D eigenvalue weighted by atomic mass is 10.1. The highest BCUT2D eigenvalue weighted by Crippen LogP contribution is 2.26. The topological polar surface area (TPSA) is 90.0 Å². The molecule has 0 heterocycles. The predicted molar refractivity (Wildman–Crippen MR) is 150 cm³/mol. The summed E-state index contributed by atoms with van der Waals surface area (Å²) < 4.78 is 29.0. The number of aryl methyl sites for hydroxylation is 2. The molecule has 0 fully saturated rings. The predicted octanol–water partition coefficient (Wildman–Crippen LogP) is 4.15. The molecule has 10 heteroatoms. The summed E-state index contributed by atoms with van der Waals surface area (Å²) in [6.45, 7) is 9.52. The highest BCUT2D eigenvalue weighted by atomic mass is 35.5. The van der Waals surface area contributed by atoms with Crippen LogP contribution in [0.3, 0.4) is 0 Å². The maximum Gasteiger partial charge on any atom is 0.304 e. The molecular formula is C27H39ClN4O4S. The number of hydrogen-bond donors (Lipinski definition) is 1. The van der Waals surface area contributed by atoms with Gasteiger partial charge in [0.05, 0.1) is 5.69 Å². The van der Waals surface area contributed by atoms with E-state index in [2.05, 4.69) is 5.32 Å². The summed E-state index contributed by atoms with van der Waals surface area (Å²) in [5.41, 5.74) is 2.65. The summed E-state index contributed by atoms with van der Waals surface area (Å²) in [6, 6.07) is 11.8. The lowest BCUT2D eigenvalue weighted by Crippen LogP contribution is -2.53. The molecule has 0 spiro atoms. The Bertz CT molecular complexity index is 1200. The van der Waals surface area contributed by atoms with Crippen LogP contribution in [0.4, 0.5) is 5.69 Å². The van der Waals surface area contributed by atoms with Crippen LogP contribution in [0.5, 0.6) is 0 Å². The van der Waals surface area contributed by atoms with Crippen LogP contribution in [-0.2, 0) is 26.3 Å². The minimum Gasteiger partial charge on any atom is -0.354 e. The number of carbonyl (C=O) groups excluding carboxylic acids is 2. The molecular weight excluding hydrogens is 512 g/mol. The van der Waals surface area contributed by atoms with Crippen molar-refractivity contribution in [2.24, 2.45) is 5.92 Å². The molecule has 0 aliphatic carbocycles. The third-order valence-electron chi connectivity index (χ3n) is 6.02. The van der Waals surface area contributed by atoms with Crippen molar-refractivity contribution >= 4 is 39.3 Å². The van der Waals surface area contributed by atoms with Crippen LogP contribution in [0.15, 0.2) is 42.5 Å². The van der Waals surface area contributed by atoms with Gasteiger partial charge < -0.3 is 10.2 Å². The lowest BCUT2D eigenvalue weighted by Gasteiger charge is -2.34. The van der Waals surface area contributed by atoms with Crippen molar-refractivity contribution in [2.45, 2.75) is 53.6 Å². The summed E-state index contributed by atoms with van der Waals surface area (Å²) >= 11 is 6.41. The molecule has 0 saturated carbocycles. The number of amides is 2. The molecule has 0 bridgehead atoms. The zero-order valence-corrected chi connectivity index (χ0v) is 24.4. The van der Waals surface area contributed by atoms with Crippen molar-refractivity contribution in [3.8, 4) is 0 Å². The van der Waals surface area contributed by atoms with Gasteiger partial charge in [0.2, 0.25) is 11.8 Å². The number of hydrogen-bond acceptors (Lipinski definition) is 4. The van der Waals surface area contributed by atoms with Gasteiger partial charge >= 0.3 is 10.2 Å². The van der Waals surface area contributed by atoms with Crippen molar-refractivity contribution in [3.63, 3.8) is 0 Å². The number of rotatable bonds is 12. The second-order valence-electron chi connectivity index (χ2n) is 9.76. The van der Waals surface area contributed by atoms with E-state index in [0.29, 0.717) is 34.8 Å². The van der Waals surface area contributed by atoms with Gasteiger partial charge in [-0.15, -0.1) is 0 Å². The van der Waals surface area contributed by atoms with Gasteiger partial charge in [0.15, 0.2) is 0 Å². The molecule has 0 radical (unpaired) electrons. The van der Waals surface area contributed by atoms with Gasteiger partial charge in [0, 0.05) is 32.2 Å². The van der Waals surface area contributed by atoms with Crippen LogP contribution in [0, 0.1) is 19.8 Å². The Morgan fingerprint density at radius 3 is 2.27 bits per heavy atom. The minimum absolute atomic E-state index is 0.0642. The molecule has 0 aliphatic rings. The number of anilines is 1. The van der Waals surface area contributed by atoms with Crippen molar-refractivity contribution in [1.82, 2.24) is 14.5 Å². The Morgan fingerprint density at radius 1 is 1.05 bits per heavy atom. The highest BCUT2D eigenvalue weighted by molar-refractivity contribution is 7.90. The van der Waals surface area contributed by atoms with E-state index >= 15 is 0 Å². The molecule has 2 amide bonds. The number of benzene rings is 2. The van der Waals surface area contributed by atoms with E-state index in [-0.39, 0.29) is 18.4 Å². The average Bonchev–Trinajstić information content (AvgIpc) is 2.83. The number of nitrogens with zero attached hydrogens (tertiary/aromatic N) is 3. The third-order valence-corrected chi connectivity index (χ3v) is 8.20. The number of halogens is 1. The van der Waals surface area contributed by atoms with E-state index in [4.69, 9.17) is 11.6 Å². The first-order valence-corrected chi connectivity index (χ1v) is 14.1. The zero-order valence-electron chi connectivity index (χ0n) is 22.8. The van der Waals surface area contributed by atoms with Gasteiger partial charge in [-0.1, -0.05) is 62.7 Å². The standard InChI is InChI=1S/C27H39ClN4O4S/c1-8-24(27(34)29-16-19(2)3)31(17-22-11-9-10-12-23(22)28)26(33)18-32(37(35,36)30(6)7)25-15-20(4)13-14-21(25)5/h9-15,19,24H,8,16-18H2,1-7H3,(H,29,34). The molecule has 2 rings (SSSR count). The Kier molecular flexibility index (Phi) is 11.0. The quantitative estimate of drug-likeness (QED) is 0.430. The molecule has 8 nitrogen and oxygen atoms in total. The van der Waals surface area contributed by atoms with Crippen molar-refractivity contribution in [3.05, 3.63) is 64.2 Å². The maximum absolute atomic E-state index is 13.9. The lowest BCUT2D eigenvalue weighted by molar-refractivity contribution is -0.140. The monoisotopic (exact) mass is 550 g/mol. The first kappa shape index (κ1) is 30.6. The zero-order chi connectivity index (χ0) is 27.9. The Balaban J connectivity index is 2.55. The fraction of sp³-hybridized carbons (Fsp3) is 0.481. The van der Waals surface area contributed by atoms with E-state index in [1.165, 1.54) is 19.0 Å². The van der Waals surface area contributed by atoms with Gasteiger partial charge in [-0.05, 0) is 55.0 Å². The van der Waals surface area contributed by atoms with Gasteiger partial charge in [0.1, 0.15) is 12.6 Å². The summed E-state index contributed by atoms with van der Waals surface area (Å²) in [7, 11) is -1.17. The van der Waals surface area contributed by atoms with Crippen molar-refractivity contribution in [2.75, 3.05) is 31.5 Å². The van der Waals surface area contributed by atoms with Gasteiger partial charge in [-0.2, -0.15) is 12.7 Å². The first-order chi connectivity index (χ1) is 17.3. The summed E-state index contributed by atoms with van der Waals surface area (Å²) in [6.07, 6.45) is 0.351. The molecule has 1 atom stereocenters. The van der Waals surface area contributed by atoms with Crippen LogP contribution in [0.2, 0.25) is 5.02 Å². The number of carbonyl (C=O) groups is 2. The van der Waals surface area contributed by atoms with Crippen LogP contribution in [0.25, 0.3) is 0 Å². The average molecular weight is 551 g/mol. The second-order valence-corrected chi connectivity index (χ2v) is 12.2. The third kappa shape index (κ3) is 7.93. The molecule has 204 valence electrons. The number of nitrogens with one attached hydrogen (secondary N) is 1. The summed E-state index contributed by atoms with van der Waals surface area (Å²) in [4.78, 5) is 28.5. The Morgan fingerprint density at radius 2 is 1.70 bits per heavy atom. The highest BCUT2D eigenvalue weighted by Gasteiger charge is 2.34. The molecule has 0 aromatic heterocycles. The van der Waals surface area contributed by atoms with E-state index in [9.17, 15) is 18.0 Å². The smallest absolute Gasteiger partial charge is 0.304 e. The normalized spacial score (nSPS) is 12.5. The molecule has 1 N–H and O–H groups in total. The fourth-order valence-electron chi connectivity index (χ4n) is 3.84. The molecule has 0 aliphatic heterocycles. The van der Waals surface area contributed by atoms with Crippen molar-refractivity contribution < 1.29 is 18.0 Å². The van der Waals surface area contributed by atoms with Crippen LogP contribution >= 0.6 is 11.6 Å². The largest absolute Gasteiger partial charge is 0.354 e. The molecule has 2 aromatic carbocycles. The SMILES string of the molecule is CCC(C(=O)NCC(C)C)N(Cc1ccccc1Cl)C(=O)CN(c1cc(C)ccc1C)S(=O)(=O)N(C)C. The Hall–Kier alpha value is -2.62. The van der Waals surface area contributed by atoms with E-state index in [0.717, 1.165) is 14.2 Å². The van der Waals surface area contributed by atoms with Crippen molar-refractivity contribution in [1.29, 1.82) is 0 Å². The molecule has 2 aromatic rings. The molecule has 0 saturated heterocycles. The first-order valence-electron chi connectivity index (χ1n) is 12.4. The van der Waals surface area contributed by atoms with Gasteiger partial charge in [-0.25, -0.2) is 4.31 Å². The maximum atomic E-state index is 13.9. The minimum atomic E-state index is -4.02. The van der Waals surface area contributed by atoms with Gasteiger partial charge in [-0.3, -0.25) is 9.59 Å². The van der Waals surface area contributed by atoms with Gasteiger partial charge in [0.25, 0.3) is 0 Å². The summed E-state index contributed by atoms with van der Waals surface area (Å²) in [5.74, 6) is -0.553. The molecule has 1 unspecified atom stereocenters. The molecule has 37 heavy (non-hydrogen) atoms. The van der Waals surface area contributed by atoms with Crippen LogP contribution in [-0.4, -0.2) is 62.7 Å². The fourth-order valence-corrected chi connectivity index (χ4v) is 5.15. The van der Waals surface area contributed by atoms with Crippen LogP contribution < -0.4 is 9.62 Å².